The van der Waals surface area contributed by atoms with E-state index in [0.29, 0.717) is 18.1 Å². The van der Waals surface area contributed by atoms with Crippen LogP contribution in [0.5, 0.6) is 0 Å². The van der Waals surface area contributed by atoms with Crippen LogP contribution in [0, 0.1) is 11.8 Å². The molecule has 3 aliphatic heterocycles. The molecule has 3 atom stereocenters. The van der Waals surface area contributed by atoms with E-state index in [9.17, 15) is 4.79 Å². The van der Waals surface area contributed by atoms with Crippen LogP contribution in [0.4, 0.5) is 0 Å². The minimum absolute atomic E-state index is 0.0688. The largest absolute Gasteiger partial charge is 0.378 e. The summed E-state index contributed by atoms with van der Waals surface area (Å²) in [4.78, 5) is 12.0. The topological polar surface area (TPSA) is 47.6 Å². The average molecular weight is 239 g/mol. The van der Waals surface area contributed by atoms with Gasteiger partial charge >= 0.3 is 0 Å². The number of Topliss-reactive ketones (excluding diaryl/α,β-unsaturated/α-hetero) is 1. The molecule has 0 aromatic heterocycles. The molecule has 1 spiro atoms. The van der Waals surface area contributed by atoms with Crippen molar-refractivity contribution in [3.05, 3.63) is 0 Å². The van der Waals surface area contributed by atoms with E-state index in [4.69, 9.17) is 9.47 Å². The zero-order chi connectivity index (χ0) is 11.7. The molecule has 0 saturated carbocycles. The summed E-state index contributed by atoms with van der Waals surface area (Å²) >= 11 is 0. The number of rotatable bonds is 1. The van der Waals surface area contributed by atoms with E-state index in [0.717, 1.165) is 52.2 Å². The smallest absolute Gasteiger partial charge is 0.138 e. The maximum atomic E-state index is 12.0. The van der Waals surface area contributed by atoms with Gasteiger partial charge in [-0.25, -0.2) is 0 Å². The normalized spacial score (nSPS) is 43.2. The van der Waals surface area contributed by atoms with Crippen LogP contribution in [-0.4, -0.2) is 44.3 Å². The molecule has 0 aromatic rings. The van der Waals surface area contributed by atoms with E-state index in [1.54, 1.807) is 0 Å². The Balaban J connectivity index is 1.68. The zero-order valence-corrected chi connectivity index (χ0v) is 10.2. The van der Waals surface area contributed by atoms with Gasteiger partial charge in [0.1, 0.15) is 5.78 Å². The lowest BCUT2D eigenvalue weighted by Gasteiger charge is -2.41. The first-order chi connectivity index (χ1) is 8.29. The second kappa shape index (κ2) is 4.67. The summed E-state index contributed by atoms with van der Waals surface area (Å²) in [5.41, 5.74) is -0.0688. The third-order valence-corrected chi connectivity index (χ3v) is 4.49. The summed E-state index contributed by atoms with van der Waals surface area (Å²) in [5, 5.41) is 3.35. The molecule has 0 amide bonds. The molecular weight excluding hydrogens is 218 g/mol. The highest BCUT2D eigenvalue weighted by molar-refractivity contribution is 5.82. The molecule has 0 aliphatic carbocycles. The Labute approximate surface area is 102 Å². The molecule has 3 fully saturated rings. The highest BCUT2D eigenvalue weighted by atomic mass is 16.6. The predicted molar refractivity (Wildman–Crippen MR) is 62.8 cm³/mol. The number of carbonyl (C=O) groups is 1. The quantitative estimate of drug-likeness (QED) is 0.733. The van der Waals surface area contributed by atoms with Crippen molar-refractivity contribution >= 4 is 5.78 Å². The predicted octanol–water partition coefficient (Wildman–Crippen LogP) is 0.751. The fourth-order valence-corrected chi connectivity index (χ4v) is 3.47. The van der Waals surface area contributed by atoms with Crippen molar-refractivity contribution in [1.29, 1.82) is 0 Å². The monoisotopic (exact) mass is 239 g/mol. The maximum Gasteiger partial charge on any atom is 0.138 e. The second-order valence-electron chi connectivity index (χ2n) is 5.61. The number of nitrogens with one attached hydrogen (secondary N) is 1. The molecule has 96 valence electrons. The molecule has 3 rings (SSSR count). The molecule has 3 saturated heterocycles. The third kappa shape index (κ3) is 2.26. The van der Waals surface area contributed by atoms with Gasteiger partial charge in [-0.1, -0.05) is 0 Å². The van der Waals surface area contributed by atoms with E-state index in [1.807, 2.05) is 0 Å². The maximum absolute atomic E-state index is 12.0. The highest BCUT2D eigenvalue weighted by Gasteiger charge is 2.44. The SMILES string of the molecule is O=C1CCNCC1C1CCOC2(CCOC2)C1. The molecule has 1 N–H and O–H groups in total. The average Bonchev–Trinajstić information content (AvgIpc) is 2.78. The molecule has 3 heterocycles. The van der Waals surface area contributed by atoms with Crippen molar-refractivity contribution in [2.24, 2.45) is 11.8 Å². The van der Waals surface area contributed by atoms with Crippen LogP contribution in [0.1, 0.15) is 25.7 Å². The van der Waals surface area contributed by atoms with Crippen LogP contribution in [0.2, 0.25) is 0 Å². The van der Waals surface area contributed by atoms with Crippen molar-refractivity contribution in [2.75, 3.05) is 32.9 Å². The third-order valence-electron chi connectivity index (χ3n) is 4.49. The van der Waals surface area contributed by atoms with E-state index < -0.39 is 0 Å². The van der Waals surface area contributed by atoms with Crippen molar-refractivity contribution < 1.29 is 14.3 Å². The van der Waals surface area contributed by atoms with Gasteiger partial charge in [0.2, 0.25) is 0 Å². The van der Waals surface area contributed by atoms with Gasteiger partial charge in [0.15, 0.2) is 0 Å². The second-order valence-corrected chi connectivity index (χ2v) is 5.61. The molecule has 0 radical (unpaired) electrons. The highest BCUT2D eigenvalue weighted by Crippen LogP contribution is 2.39. The van der Waals surface area contributed by atoms with E-state index in [2.05, 4.69) is 5.32 Å². The summed E-state index contributed by atoms with van der Waals surface area (Å²) < 4.78 is 11.4. The molecule has 17 heavy (non-hydrogen) atoms. The van der Waals surface area contributed by atoms with Crippen LogP contribution < -0.4 is 5.32 Å². The number of ketones is 1. The van der Waals surface area contributed by atoms with Gasteiger partial charge < -0.3 is 14.8 Å². The first-order valence-electron chi connectivity index (χ1n) is 6.74. The summed E-state index contributed by atoms with van der Waals surface area (Å²) in [7, 11) is 0. The van der Waals surface area contributed by atoms with Crippen LogP contribution in [0.15, 0.2) is 0 Å². The van der Waals surface area contributed by atoms with Crippen molar-refractivity contribution in [3.63, 3.8) is 0 Å². The van der Waals surface area contributed by atoms with Gasteiger partial charge in [0.25, 0.3) is 0 Å². The zero-order valence-electron chi connectivity index (χ0n) is 10.2. The number of hydrogen-bond acceptors (Lipinski definition) is 4. The van der Waals surface area contributed by atoms with Crippen molar-refractivity contribution in [2.45, 2.75) is 31.3 Å². The van der Waals surface area contributed by atoms with Crippen LogP contribution in [0.3, 0.4) is 0 Å². The fraction of sp³-hybridized carbons (Fsp3) is 0.923. The molecular formula is C13H21NO3. The fourth-order valence-electron chi connectivity index (χ4n) is 3.47. The Morgan fingerprint density at radius 1 is 1.35 bits per heavy atom. The van der Waals surface area contributed by atoms with E-state index >= 15 is 0 Å². The Morgan fingerprint density at radius 2 is 2.29 bits per heavy atom. The summed E-state index contributed by atoms with van der Waals surface area (Å²) in [6, 6.07) is 0. The Hall–Kier alpha value is -0.450. The van der Waals surface area contributed by atoms with E-state index in [1.165, 1.54) is 0 Å². The Morgan fingerprint density at radius 3 is 3.06 bits per heavy atom. The van der Waals surface area contributed by atoms with Crippen LogP contribution in [0.25, 0.3) is 0 Å². The lowest BCUT2D eigenvalue weighted by molar-refractivity contribution is -0.134. The summed E-state index contributed by atoms with van der Waals surface area (Å²) in [6.45, 7) is 4.03. The Bertz CT molecular complexity index is 299. The molecule has 3 aliphatic rings. The number of carbonyl (C=O) groups excluding carboxylic acids is 1. The first-order valence-corrected chi connectivity index (χ1v) is 6.74. The van der Waals surface area contributed by atoms with Crippen LogP contribution in [-0.2, 0) is 14.3 Å². The van der Waals surface area contributed by atoms with Gasteiger partial charge in [-0.05, 0) is 18.8 Å². The lowest BCUT2D eigenvalue weighted by Crippen LogP contribution is -2.48. The van der Waals surface area contributed by atoms with Gasteiger partial charge in [0.05, 0.1) is 12.2 Å². The Kier molecular flexibility index (Phi) is 3.19. The van der Waals surface area contributed by atoms with Crippen molar-refractivity contribution in [3.8, 4) is 0 Å². The summed E-state index contributed by atoms with van der Waals surface area (Å²) in [6.07, 6.45) is 3.73. The van der Waals surface area contributed by atoms with Gasteiger partial charge in [-0.2, -0.15) is 0 Å². The first kappa shape index (κ1) is 11.6. The molecule has 4 nitrogen and oxygen atoms in total. The minimum atomic E-state index is -0.0688. The number of hydrogen-bond donors (Lipinski definition) is 1. The van der Waals surface area contributed by atoms with Crippen molar-refractivity contribution in [1.82, 2.24) is 5.32 Å². The van der Waals surface area contributed by atoms with Crippen LogP contribution >= 0.6 is 0 Å². The molecule has 0 aromatic carbocycles. The molecule has 3 unspecified atom stereocenters. The standard InChI is InChI=1S/C13H21NO3/c15-12-1-4-14-8-11(12)10-2-5-17-13(7-10)3-6-16-9-13/h10-11,14H,1-9H2. The minimum Gasteiger partial charge on any atom is -0.378 e. The lowest BCUT2D eigenvalue weighted by atomic mass is 9.75. The molecule has 4 heteroatoms. The number of piperidine rings is 1. The number of ether oxygens (including phenoxy) is 2. The van der Waals surface area contributed by atoms with Gasteiger partial charge in [-0.15, -0.1) is 0 Å². The summed E-state index contributed by atoms with van der Waals surface area (Å²) in [5.74, 6) is 1.15. The van der Waals surface area contributed by atoms with Gasteiger partial charge in [-0.3, -0.25) is 4.79 Å². The molecule has 0 bridgehead atoms. The van der Waals surface area contributed by atoms with Gasteiger partial charge in [0, 0.05) is 45.1 Å². The van der Waals surface area contributed by atoms with E-state index in [-0.39, 0.29) is 11.5 Å².